The topological polar surface area (TPSA) is 44.9 Å². The van der Waals surface area contributed by atoms with E-state index in [-0.39, 0.29) is 10.8 Å². The van der Waals surface area contributed by atoms with Gasteiger partial charge in [-0.2, -0.15) is 0 Å². The molecule has 0 N–H and O–H groups in total. The van der Waals surface area contributed by atoms with E-state index >= 15 is 0 Å². The molecule has 0 atom stereocenters. The largest absolute Gasteiger partial charge is 0.457 e. The van der Waals surface area contributed by atoms with Gasteiger partial charge in [-0.1, -0.05) is 113 Å². The molecule has 0 saturated heterocycles. The van der Waals surface area contributed by atoms with Gasteiger partial charge in [0.05, 0.1) is 22.1 Å². The van der Waals surface area contributed by atoms with Crippen LogP contribution in [0.15, 0.2) is 164 Å². The van der Waals surface area contributed by atoms with Crippen molar-refractivity contribution < 1.29 is 4.74 Å². The van der Waals surface area contributed by atoms with Crippen LogP contribution in [0.25, 0.3) is 55.7 Å². The summed E-state index contributed by atoms with van der Waals surface area (Å²) >= 11 is 0. The van der Waals surface area contributed by atoms with Gasteiger partial charge in [0.2, 0.25) is 0 Å². The van der Waals surface area contributed by atoms with Crippen molar-refractivity contribution in [3.8, 4) is 34.4 Å². The SMILES string of the molecule is CC(C)(C)c1ccnc(-n2c3ccccc3c3ccc(Oc4cc(-c5nc6ccccc6n5-c5ccccc5)cc(C(C)(C)c5ccccc5)c4)cc32)c1. The highest BCUT2D eigenvalue weighted by atomic mass is 16.5. The number of rotatable bonds is 7. The summed E-state index contributed by atoms with van der Waals surface area (Å²) in [6.07, 6.45) is 1.92. The fraction of sp³-hybridized carbons (Fsp3) is 0.143. The summed E-state index contributed by atoms with van der Waals surface area (Å²) in [6, 6.07) is 55.3. The highest BCUT2D eigenvalue weighted by molar-refractivity contribution is 6.09. The van der Waals surface area contributed by atoms with Crippen molar-refractivity contribution in [2.45, 2.75) is 45.4 Å². The van der Waals surface area contributed by atoms with E-state index in [1.165, 1.54) is 16.5 Å². The summed E-state index contributed by atoms with van der Waals surface area (Å²) in [6.45, 7) is 11.3. The first-order valence-electron chi connectivity index (χ1n) is 18.6. The minimum Gasteiger partial charge on any atom is -0.457 e. The predicted molar refractivity (Wildman–Crippen MR) is 222 cm³/mol. The molecule has 0 radical (unpaired) electrons. The Morgan fingerprint density at radius 1 is 0.500 bits per heavy atom. The first kappa shape index (κ1) is 33.4. The molecular formula is C49H42N4O. The van der Waals surface area contributed by atoms with Gasteiger partial charge < -0.3 is 4.74 Å². The third kappa shape index (κ3) is 5.82. The van der Waals surface area contributed by atoms with Gasteiger partial charge in [-0.15, -0.1) is 0 Å². The lowest BCUT2D eigenvalue weighted by atomic mass is 9.77. The Morgan fingerprint density at radius 2 is 1.19 bits per heavy atom. The summed E-state index contributed by atoms with van der Waals surface area (Å²) in [5.74, 6) is 3.24. The van der Waals surface area contributed by atoms with Crippen molar-refractivity contribution in [2.75, 3.05) is 0 Å². The van der Waals surface area contributed by atoms with Crippen molar-refractivity contribution >= 4 is 32.8 Å². The summed E-state index contributed by atoms with van der Waals surface area (Å²) in [4.78, 5) is 10.1. The van der Waals surface area contributed by atoms with Crippen molar-refractivity contribution in [1.82, 2.24) is 19.1 Å². The highest BCUT2D eigenvalue weighted by Crippen LogP contribution is 2.41. The molecule has 0 unspecified atom stereocenters. The van der Waals surface area contributed by atoms with Crippen molar-refractivity contribution in [3.05, 3.63) is 181 Å². The molecular weight excluding hydrogens is 661 g/mol. The number of aromatic nitrogens is 4. The zero-order chi connectivity index (χ0) is 37.0. The lowest BCUT2D eigenvalue weighted by Crippen LogP contribution is -2.19. The van der Waals surface area contributed by atoms with E-state index < -0.39 is 0 Å². The quantitative estimate of drug-likeness (QED) is 0.166. The molecule has 0 aliphatic rings. The lowest BCUT2D eigenvalue weighted by molar-refractivity contribution is 0.480. The second-order valence-electron chi connectivity index (χ2n) is 15.6. The van der Waals surface area contributed by atoms with E-state index in [4.69, 9.17) is 14.7 Å². The van der Waals surface area contributed by atoms with E-state index in [1.54, 1.807) is 0 Å². The van der Waals surface area contributed by atoms with Gasteiger partial charge in [0, 0.05) is 39.7 Å². The molecule has 0 aliphatic heterocycles. The van der Waals surface area contributed by atoms with Gasteiger partial charge in [-0.3, -0.25) is 9.13 Å². The number of fused-ring (bicyclic) bond motifs is 4. The fourth-order valence-electron chi connectivity index (χ4n) is 7.63. The molecule has 0 saturated carbocycles. The van der Waals surface area contributed by atoms with Crippen LogP contribution in [0.2, 0.25) is 0 Å². The van der Waals surface area contributed by atoms with Crippen LogP contribution in [0.5, 0.6) is 11.5 Å². The monoisotopic (exact) mass is 702 g/mol. The molecule has 0 spiro atoms. The van der Waals surface area contributed by atoms with Crippen LogP contribution in [0.4, 0.5) is 0 Å². The Hall–Kier alpha value is -6.46. The normalized spacial score (nSPS) is 12.2. The fourth-order valence-corrected chi connectivity index (χ4v) is 7.63. The number of benzene rings is 6. The number of para-hydroxylation sites is 4. The number of hydrogen-bond acceptors (Lipinski definition) is 3. The minimum absolute atomic E-state index is 0.0119. The molecule has 3 aromatic heterocycles. The maximum absolute atomic E-state index is 6.93. The van der Waals surface area contributed by atoms with Crippen LogP contribution in [-0.2, 0) is 10.8 Å². The van der Waals surface area contributed by atoms with Crippen LogP contribution < -0.4 is 4.74 Å². The molecule has 0 aliphatic carbocycles. The van der Waals surface area contributed by atoms with E-state index in [1.807, 2.05) is 18.3 Å². The highest BCUT2D eigenvalue weighted by Gasteiger charge is 2.26. The Bertz CT molecular complexity index is 2800. The number of hydrogen-bond donors (Lipinski definition) is 0. The number of ether oxygens (including phenoxy) is 1. The molecule has 0 amide bonds. The third-order valence-electron chi connectivity index (χ3n) is 10.7. The molecule has 9 rings (SSSR count). The van der Waals surface area contributed by atoms with Gasteiger partial charge in [-0.05, 0) is 94.9 Å². The van der Waals surface area contributed by atoms with Crippen LogP contribution >= 0.6 is 0 Å². The molecule has 264 valence electrons. The second kappa shape index (κ2) is 12.9. The van der Waals surface area contributed by atoms with E-state index in [0.717, 1.165) is 67.4 Å². The average Bonchev–Trinajstić information content (AvgIpc) is 3.74. The van der Waals surface area contributed by atoms with E-state index in [9.17, 15) is 0 Å². The van der Waals surface area contributed by atoms with E-state index in [0.29, 0.717) is 0 Å². The molecule has 0 fully saturated rings. The van der Waals surface area contributed by atoms with Crippen LogP contribution in [0, 0.1) is 0 Å². The lowest BCUT2D eigenvalue weighted by Gasteiger charge is -2.27. The van der Waals surface area contributed by atoms with E-state index in [2.05, 4.69) is 189 Å². The average molecular weight is 703 g/mol. The molecule has 54 heavy (non-hydrogen) atoms. The molecule has 5 nitrogen and oxygen atoms in total. The number of nitrogens with zero attached hydrogens (tertiary/aromatic N) is 4. The third-order valence-corrected chi connectivity index (χ3v) is 10.7. The maximum atomic E-state index is 6.93. The number of imidazole rings is 1. The van der Waals surface area contributed by atoms with Crippen LogP contribution in [0.3, 0.4) is 0 Å². The van der Waals surface area contributed by atoms with Crippen LogP contribution in [-0.4, -0.2) is 19.1 Å². The minimum atomic E-state index is -0.320. The molecule has 3 heterocycles. The van der Waals surface area contributed by atoms with Crippen molar-refractivity contribution in [2.24, 2.45) is 0 Å². The van der Waals surface area contributed by atoms with Gasteiger partial charge >= 0.3 is 0 Å². The summed E-state index contributed by atoms with van der Waals surface area (Å²) in [5.41, 5.74) is 9.43. The maximum Gasteiger partial charge on any atom is 0.145 e. The van der Waals surface area contributed by atoms with Crippen molar-refractivity contribution in [1.29, 1.82) is 0 Å². The molecule has 6 aromatic carbocycles. The first-order chi connectivity index (χ1) is 26.1. The first-order valence-corrected chi connectivity index (χ1v) is 18.6. The molecule has 9 aromatic rings. The predicted octanol–water partition coefficient (Wildman–Crippen LogP) is 12.6. The Balaban J connectivity index is 1.23. The smallest absolute Gasteiger partial charge is 0.145 e. The summed E-state index contributed by atoms with van der Waals surface area (Å²) < 4.78 is 11.4. The van der Waals surface area contributed by atoms with Crippen molar-refractivity contribution in [3.63, 3.8) is 0 Å². The molecule has 5 heteroatoms. The Morgan fingerprint density at radius 3 is 1.96 bits per heavy atom. The van der Waals surface area contributed by atoms with Gasteiger partial charge in [0.25, 0.3) is 0 Å². The standard InChI is InChI=1S/C49H42N4O/c1-48(2,3)35-26-27-50-46(31-35)53-43-22-14-12-20-40(43)41-25-24-38(32-45(41)53)54-39-29-33(28-36(30-39)49(4,5)34-16-8-6-9-17-34)47-51-42-21-13-15-23-44(42)52(47)37-18-10-7-11-19-37/h6-32H,1-5H3. The zero-order valence-electron chi connectivity index (χ0n) is 31.3. The molecule has 0 bridgehead atoms. The summed E-state index contributed by atoms with van der Waals surface area (Å²) in [5, 5.41) is 2.33. The summed E-state index contributed by atoms with van der Waals surface area (Å²) in [7, 11) is 0. The Labute approximate surface area is 316 Å². The van der Waals surface area contributed by atoms with Gasteiger partial charge in [0.15, 0.2) is 0 Å². The second-order valence-corrected chi connectivity index (χ2v) is 15.6. The van der Waals surface area contributed by atoms with Gasteiger partial charge in [-0.25, -0.2) is 9.97 Å². The zero-order valence-corrected chi connectivity index (χ0v) is 31.3. The number of pyridine rings is 1. The van der Waals surface area contributed by atoms with Crippen LogP contribution in [0.1, 0.15) is 51.3 Å². The Kier molecular flexibility index (Phi) is 7.97. The van der Waals surface area contributed by atoms with Gasteiger partial charge in [0.1, 0.15) is 23.1 Å².